The molecule has 0 unspecified atom stereocenters. The predicted molar refractivity (Wildman–Crippen MR) is 93.8 cm³/mol. The molecule has 0 aliphatic heterocycles. The molecule has 1 aliphatic rings. The molecular formula is C18H27N3O3. The van der Waals surface area contributed by atoms with Gasteiger partial charge >= 0.3 is 6.03 Å². The van der Waals surface area contributed by atoms with E-state index in [4.69, 9.17) is 4.74 Å². The maximum Gasteiger partial charge on any atom is 0.315 e. The molecule has 6 heteroatoms. The topological polar surface area (TPSA) is 79.5 Å². The van der Waals surface area contributed by atoms with Gasteiger partial charge < -0.3 is 20.7 Å². The molecule has 1 saturated carbocycles. The first-order chi connectivity index (χ1) is 11.7. The Bertz CT molecular complexity index is 542. The van der Waals surface area contributed by atoms with E-state index >= 15 is 0 Å². The van der Waals surface area contributed by atoms with Crippen LogP contribution in [0.1, 0.15) is 44.1 Å². The summed E-state index contributed by atoms with van der Waals surface area (Å²) in [7, 11) is 1.63. The SMILES string of the molecule is COCc1cccc(NC(=O)CCNC(=O)NC2CCCCC2)c1. The molecule has 0 aromatic heterocycles. The predicted octanol–water partition coefficient (Wildman–Crippen LogP) is 2.79. The molecular weight excluding hydrogens is 306 g/mol. The van der Waals surface area contributed by atoms with Gasteiger partial charge in [0.1, 0.15) is 0 Å². The Hall–Kier alpha value is -2.08. The van der Waals surface area contributed by atoms with E-state index in [1.54, 1.807) is 7.11 Å². The number of rotatable bonds is 7. The van der Waals surface area contributed by atoms with E-state index in [0.29, 0.717) is 13.2 Å². The van der Waals surface area contributed by atoms with Crippen molar-refractivity contribution in [2.75, 3.05) is 19.0 Å². The van der Waals surface area contributed by atoms with Gasteiger partial charge in [-0.2, -0.15) is 0 Å². The highest BCUT2D eigenvalue weighted by Crippen LogP contribution is 2.17. The van der Waals surface area contributed by atoms with Crippen LogP contribution in [0, 0.1) is 0 Å². The summed E-state index contributed by atoms with van der Waals surface area (Å²) >= 11 is 0. The van der Waals surface area contributed by atoms with Crippen LogP contribution >= 0.6 is 0 Å². The summed E-state index contributed by atoms with van der Waals surface area (Å²) in [5.74, 6) is -0.123. The summed E-state index contributed by atoms with van der Waals surface area (Å²) in [4.78, 5) is 23.7. The zero-order valence-corrected chi connectivity index (χ0v) is 14.3. The average molecular weight is 333 g/mol. The summed E-state index contributed by atoms with van der Waals surface area (Å²) in [6, 6.07) is 7.62. The van der Waals surface area contributed by atoms with Crippen LogP contribution in [0.2, 0.25) is 0 Å². The van der Waals surface area contributed by atoms with E-state index in [1.807, 2.05) is 24.3 Å². The zero-order valence-electron chi connectivity index (χ0n) is 14.3. The largest absolute Gasteiger partial charge is 0.380 e. The fourth-order valence-electron chi connectivity index (χ4n) is 2.90. The normalized spacial score (nSPS) is 14.9. The zero-order chi connectivity index (χ0) is 17.2. The van der Waals surface area contributed by atoms with Crippen molar-refractivity contribution in [1.29, 1.82) is 0 Å². The number of ether oxygens (including phenoxy) is 1. The Balaban J connectivity index is 1.65. The highest BCUT2D eigenvalue weighted by molar-refractivity contribution is 5.91. The van der Waals surface area contributed by atoms with Gasteiger partial charge in [0.15, 0.2) is 0 Å². The molecule has 1 aliphatic carbocycles. The van der Waals surface area contributed by atoms with Crippen LogP contribution in [0.25, 0.3) is 0 Å². The minimum atomic E-state index is -0.184. The molecule has 1 fully saturated rings. The quantitative estimate of drug-likeness (QED) is 0.718. The number of benzene rings is 1. The Morgan fingerprint density at radius 2 is 2.00 bits per heavy atom. The first kappa shape index (κ1) is 18.3. The molecule has 2 rings (SSSR count). The molecule has 0 heterocycles. The second kappa shape index (κ2) is 9.93. The number of nitrogens with one attached hydrogen (secondary N) is 3. The van der Waals surface area contributed by atoms with Crippen molar-refractivity contribution in [3.8, 4) is 0 Å². The van der Waals surface area contributed by atoms with Gasteiger partial charge in [0.05, 0.1) is 6.61 Å². The lowest BCUT2D eigenvalue weighted by Gasteiger charge is -2.22. The Labute approximate surface area is 143 Å². The third-order valence-corrected chi connectivity index (χ3v) is 4.10. The maximum atomic E-state index is 11.9. The van der Waals surface area contributed by atoms with Crippen LogP contribution < -0.4 is 16.0 Å². The summed E-state index contributed by atoms with van der Waals surface area (Å²) in [6.45, 7) is 0.828. The number of methoxy groups -OCH3 is 1. The van der Waals surface area contributed by atoms with Gasteiger partial charge in [-0.05, 0) is 30.5 Å². The van der Waals surface area contributed by atoms with Crippen LogP contribution in [0.5, 0.6) is 0 Å². The summed E-state index contributed by atoms with van der Waals surface area (Å²) in [5, 5.41) is 8.55. The summed E-state index contributed by atoms with van der Waals surface area (Å²) in [5.41, 5.74) is 1.74. The molecule has 1 aromatic rings. The molecule has 3 amide bonds. The highest BCUT2D eigenvalue weighted by atomic mass is 16.5. The van der Waals surface area contributed by atoms with Gasteiger partial charge in [-0.25, -0.2) is 4.79 Å². The third-order valence-electron chi connectivity index (χ3n) is 4.10. The summed E-state index contributed by atoms with van der Waals surface area (Å²) in [6.07, 6.45) is 5.95. The minimum Gasteiger partial charge on any atom is -0.380 e. The van der Waals surface area contributed by atoms with Gasteiger partial charge in [-0.1, -0.05) is 31.4 Å². The lowest BCUT2D eigenvalue weighted by atomic mass is 9.96. The van der Waals surface area contributed by atoms with Crippen LogP contribution in [0.15, 0.2) is 24.3 Å². The van der Waals surface area contributed by atoms with Crippen molar-refractivity contribution in [3.05, 3.63) is 29.8 Å². The standard InChI is InChI=1S/C18H27N3O3/c1-24-13-14-6-5-9-16(12-14)20-17(22)10-11-19-18(23)21-15-7-3-2-4-8-15/h5-6,9,12,15H,2-4,7-8,10-11,13H2,1H3,(H,20,22)(H2,19,21,23). The Morgan fingerprint density at radius 1 is 1.21 bits per heavy atom. The Morgan fingerprint density at radius 3 is 2.75 bits per heavy atom. The number of anilines is 1. The number of hydrogen-bond donors (Lipinski definition) is 3. The van der Waals surface area contributed by atoms with Crippen LogP contribution in [0.4, 0.5) is 10.5 Å². The van der Waals surface area contributed by atoms with Crippen molar-refractivity contribution in [2.45, 2.75) is 51.2 Å². The van der Waals surface area contributed by atoms with Crippen molar-refractivity contribution in [1.82, 2.24) is 10.6 Å². The van der Waals surface area contributed by atoms with Crippen molar-refractivity contribution in [2.24, 2.45) is 0 Å². The number of hydrogen-bond acceptors (Lipinski definition) is 3. The van der Waals surface area contributed by atoms with Gasteiger partial charge in [-0.15, -0.1) is 0 Å². The third kappa shape index (κ3) is 6.58. The first-order valence-electron chi connectivity index (χ1n) is 8.59. The van der Waals surface area contributed by atoms with Crippen LogP contribution in [0.3, 0.4) is 0 Å². The number of carbonyl (C=O) groups is 2. The van der Waals surface area contributed by atoms with Crippen molar-refractivity contribution < 1.29 is 14.3 Å². The fraction of sp³-hybridized carbons (Fsp3) is 0.556. The van der Waals surface area contributed by atoms with E-state index in [-0.39, 0.29) is 24.4 Å². The van der Waals surface area contributed by atoms with E-state index < -0.39 is 0 Å². The number of amides is 3. The molecule has 0 radical (unpaired) electrons. The second-order valence-electron chi connectivity index (χ2n) is 6.17. The highest BCUT2D eigenvalue weighted by Gasteiger charge is 2.15. The lowest BCUT2D eigenvalue weighted by Crippen LogP contribution is -2.43. The van der Waals surface area contributed by atoms with E-state index in [1.165, 1.54) is 19.3 Å². The van der Waals surface area contributed by atoms with Gasteiger partial charge in [0.25, 0.3) is 0 Å². The lowest BCUT2D eigenvalue weighted by molar-refractivity contribution is -0.116. The van der Waals surface area contributed by atoms with Gasteiger partial charge in [0, 0.05) is 31.8 Å². The Kier molecular flexibility index (Phi) is 7.55. The van der Waals surface area contributed by atoms with Crippen molar-refractivity contribution in [3.63, 3.8) is 0 Å². The molecule has 6 nitrogen and oxygen atoms in total. The second-order valence-corrected chi connectivity index (χ2v) is 6.17. The number of carbonyl (C=O) groups excluding carboxylic acids is 2. The molecule has 1 aromatic carbocycles. The van der Waals surface area contributed by atoms with E-state index in [9.17, 15) is 9.59 Å². The van der Waals surface area contributed by atoms with Gasteiger partial charge in [-0.3, -0.25) is 4.79 Å². The minimum absolute atomic E-state index is 0.123. The first-order valence-corrected chi connectivity index (χ1v) is 8.59. The fourth-order valence-corrected chi connectivity index (χ4v) is 2.90. The molecule has 132 valence electrons. The molecule has 0 spiro atoms. The van der Waals surface area contributed by atoms with E-state index in [2.05, 4.69) is 16.0 Å². The van der Waals surface area contributed by atoms with Crippen LogP contribution in [-0.2, 0) is 16.1 Å². The summed E-state index contributed by atoms with van der Waals surface area (Å²) < 4.78 is 5.07. The van der Waals surface area contributed by atoms with Gasteiger partial charge in [0.2, 0.25) is 5.91 Å². The van der Waals surface area contributed by atoms with Crippen molar-refractivity contribution >= 4 is 17.6 Å². The molecule has 0 atom stereocenters. The molecule has 0 saturated heterocycles. The maximum absolute atomic E-state index is 11.9. The molecule has 24 heavy (non-hydrogen) atoms. The van der Waals surface area contributed by atoms with E-state index in [0.717, 1.165) is 24.1 Å². The van der Waals surface area contributed by atoms with Crippen LogP contribution in [-0.4, -0.2) is 31.6 Å². The number of urea groups is 1. The average Bonchev–Trinajstić information content (AvgIpc) is 2.56. The smallest absolute Gasteiger partial charge is 0.315 e. The molecule has 0 bridgehead atoms. The molecule has 3 N–H and O–H groups in total. The monoisotopic (exact) mass is 333 g/mol.